The van der Waals surface area contributed by atoms with Crippen LogP contribution >= 0.6 is 0 Å². The van der Waals surface area contributed by atoms with E-state index < -0.39 is 0 Å². The van der Waals surface area contributed by atoms with Gasteiger partial charge in [-0.1, -0.05) is 25.5 Å². The van der Waals surface area contributed by atoms with Crippen molar-refractivity contribution in [2.24, 2.45) is 0 Å². The second-order valence-electron chi connectivity index (χ2n) is 6.62. The molecule has 2 heterocycles. The molecule has 0 aromatic heterocycles. The standard InChI is InChI=1S/C17H25N5O3/c1-2-5-13-12-14(19-18-13)17(23)21-10-8-20(9-11-21)15-6-3-4-7-16(15)22(24)25/h3-4,6-7,13-14,18-19H,2,5,8-12H2,1H3. The normalized spacial score (nSPS) is 23.7. The second kappa shape index (κ2) is 7.79. The zero-order valence-electron chi connectivity index (χ0n) is 14.5. The third kappa shape index (κ3) is 3.91. The van der Waals surface area contributed by atoms with Gasteiger partial charge in [-0.05, 0) is 18.9 Å². The second-order valence-corrected chi connectivity index (χ2v) is 6.62. The Hall–Kier alpha value is -2.19. The van der Waals surface area contributed by atoms with E-state index in [9.17, 15) is 14.9 Å². The monoisotopic (exact) mass is 347 g/mol. The first-order chi connectivity index (χ1) is 12.1. The first-order valence-corrected chi connectivity index (χ1v) is 8.88. The van der Waals surface area contributed by atoms with E-state index in [1.807, 2.05) is 15.9 Å². The van der Waals surface area contributed by atoms with Gasteiger partial charge in [-0.15, -0.1) is 0 Å². The lowest BCUT2D eigenvalue weighted by atomic mass is 10.0. The Morgan fingerprint density at radius 1 is 1.24 bits per heavy atom. The minimum absolute atomic E-state index is 0.117. The van der Waals surface area contributed by atoms with Crippen molar-refractivity contribution in [3.8, 4) is 0 Å². The molecule has 2 unspecified atom stereocenters. The van der Waals surface area contributed by atoms with Gasteiger partial charge in [0, 0.05) is 38.3 Å². The van der Waals surface area contributed by atoms with E-state index in [4.69, 9.17) is 0 Å². The number of anilines is 1. The van der Waals surface area contributed by atoms with Gasteiger partial charge in [0.05, 0.1) is 4.92 Å². The summed E-state index contributed by atoms with van der Waals surface area (Å²) in [6, 6.07) is 6.96. The highest BCUT2D eigenvalue weighted by Crippen LogP contribution is 2.28. The summed E-state index contributed by atoms with van der Waals surface area (Å²) in [7, 11) is 0. The Morgan fingerprint density at radius 3 is 2.64 bits per heavy atom. The van der Waals surface area contributed by atoms with E-state index in [0.29, 0.717) is 37.9 Å². The van der Waals surface area contributed by atoms with Gasteiger partial charge < -0.3 is 9.80 Å². The molecule has 0 spiro atoms. The van der Waals surface area contributed by atoms with Crippen LogP contribution in [-0.4, -0.2) is 54.0 Å². The zero-order valence-corrected chi connectivity index (χ0v) is 14.5. The van der Waals surface area contributed by atoms with Gasteiger partial charge >= 0.3 is 0 Å². The SMILES string of the molecule is CCCC1CC(C(=O)N2CCN(c3ccccc3[N+](=O)[O-])CC2)NN1. The summed E-state index contributed by atoms with van der Waals surface area (Å²) in [6.45, 7) is 4.52. The van der Waals surface area contributed by atoms with Crippen molar-refractivity contribution >= 4 is 17.3 Å². The number of rotatable bonds is 5. The van der Waals surface area contributed by atoms with Crippen molar-refractivity contribution in [1.82, 2.24) is 15.8 Å². The predicted molar refractivity (Wildman–Crippen MR) is 95.3 cm³/mol. The number of nitrogens with one attached hydrogen (secondary N) is 2. The maximum atomic E-state index is 12.7. The number of hydrazine groups is 1. The van der Waals surface area contributed by atoms with E-state index in [2.05, 4.69) is 17.8 Å². The third-order valence-corrected chi connectivity index (χ3v) is 4.93. The van der Waals surface area contributed by atoms with Crippen LogP contribution in [0.4, 0.5) is 11.4 Å². The molecular formula is C17H25N5O3. The fourth-order valence-electron chi connectivity index (χ4n) is 3.60. The quantitative estimate of drug-likeness (QED) is 0.616. The van der Waals surface area contributed by atoms with Gasteiger partial charge in [-0.2, -0.15) is 0 Å². The topological polar surface area (TPSA) is 90.8 Å². The number of nitro groups is 1. The first kappa shape index (κ1) is 17.6. The summed E-state index contributed by atoms with van der Waals surface area (Å²) in [6.07, 6.45) is 2.97. The Bertz CT molecular complexity index is 630. The van der Waals surface area contributed by atoms with Crippen LogP contribution in [0.15, 0.2) is 24.3 Å². The summed E-state index contributed by atoms with van der Waals surface area (Å²) in [5, 5.41) is 11.2. The number of hydrogen-bond acceptors (Lipinski definition) is 6. The third-order valence-electron chi connectivity index (χ3n) is 4.93. The lowest BCUT2D eigenvalue weighted by molar-refractivity contribution is -0.384. The van der Waals surface area contributed by atoms with Crippen molar-refractivity contribution in [2.75, 3.05) is 31.1 Å². The molecule has 2 atom stereocenters. The minimum Gasteiger partial charge on any atom is -0.362 e. The van der Waals surface area contributed by atoms with Crippen LogP contribution in [0.2, 0.25) is 0 Å². The van der Waals surface area contributed by atoms with Crippen LogP contribution < -0.4 is 15.8 Å². The van der Waals surface area contributed by atoms with Crippen LogP contribution in [0.25, 0.3) is 0 Å². The number of carbonyl (C=O) groups excluding carboxylic acids is 1. The summed E-state index contributed by atoms with van der Waals surface area (Å²) >= 11 is 0. The Balaban J connectivity index is 1.57. The number of piperazine rings is 1. The number of nitrogens with zero attached hydrogens (tertiary/aromatic N) is 3. The van der Waals surface area contributed by atoms with Crippen molar-refractivity contribution in [2.45, 2.75) is 38.3 Å². The average Bonchev–Trinajstić information content (AvgIpc) is 3.10. The van der Waals surface area contributed by atoms with E-state index in [1.165, 1.54) is 6.07 Å². The molecular weight excluding hydrogens is 322 g/mol. The molecule has 25 heavy (non-hydrogen) atoms. The van der Waals surface area contributed by atoms with Gasteiger partial charge in [0.2, 0.25) is 5.91 Å². The van der Waals surface area contributed by atoms with Crippen LogP contribution in [0.1, 0.15) is 26.2 Å². The van der Waals surface area contributed by atoms with Gasteiger partial charge in [-0.25, -0.2) is 5.43 Å². The minimum atomic E-state index is -0.352. The fraction of sp³-hybridized carbons (Fsp3) is 0.588. The molecule has 3 rings (SSSR count). The Labute approximate surface area is 147 Å². The maximum absolute atomic E-state index is 12.7. The Kier molecular flexibility index (Phi) is 5.50. The number of benzene rings is 1. The highest BCUT2D eigenvalue weighted by atomic mass is 16.6. The molecule has 1 aromatic carbocycles. The molecule has 0 radical (unpaired) electrons. The lowest BCUT2D eigenvalue weighted by Gasteiger charge is -2.36. The van der Waals surface area contributed by atoms with Crippen LogP contribution in [-0.2, 0) is 4.79 Å². The summed E-state index contributed by atoms with van der Waals surface area (Å²) in [5.74, 6) is 0.119. The molecule has 2 aliphatic rings. The van der Waals surface area contributed by atoms with Gasteiger partial charge in [0.1, 0.15) is 11.7 Å². The fourth-order valence-corrected chi connectivity index (χ4v) is 3.60. The van der Waals surface area contributed by atoms with Crippen molar-refractivity contribution < 1.29 is 9.72 Å². The molecule has 136 valence electrons. The molecule has 2 aliphatic heterocycles. The van der Waals surface area contributed by atoms with Gasteiger partial charge in [0.25, 0.3) is 5.69 Å². The lowest BCUT2D eigenvalue weighted by Crippen LogP contribution is -2.53. The summed E-state index contributed by atoms with van der Waals surface area (Å²) < 4.78 is 0. The number of nitro benzene ring substituents is 1. The zero-order chi connectivity index (χ0) is 17.8. The van der Waals surface area contributed by atoms with Crippen LogP contribution in [0.5, 0.6) is 0 Å². The molecule has 0 bridgehead atoms. The molecule has 0 aliphatic carbocycles. The smallest absolute Gasteiger partial charge is 0.292 e. The first-order valence-electron chi connectivity index (χ1n) is 8.88. The number of carbonyl (C=O) groups is 1. The molecule has 2 N–H and O–H groups in total. The highest BCUT2D eigenvalue weighted by Gasteiger charge is 2.33. The predicted octanol–water partition coefficient (Wildman–Crippen LogP) is 1.28. The number of hydrogen-bond donors (Lipinski definition) is 2. The van der Waals surface area contributed by atoms with Crippen LogP contribution in [0, 0.1) is 10.1 Å². The number of para-hydroxylation sites is 2. The molecule has 1 amide bonds. The van der Waals surface area contributed by atoms with Gasteiger partial charge in [0.15, 0.2) is 0 Å². The molecule has 1 aromatic rings. The summed E-state index contributed by atoms with van der Waals surface area (Å²) in [5.41, 5.74) is 7.06. The van der Waals surface area contributed by atoms with Crippen molar-refractivity contribution in [3.05, 3.63) is 34.4 Å². The van der Waals surface area contributed by atoms with Crippen molar-refractivity contribution in [1.29, 1.82) is 0 Å². The largest absolute Gasteiger partial charge is 0.362 e. The molecule has 2 saturated heterocycles. The van der Waals surface area contributed by atoms with E-state index in [0.717, 1.165) is 19.3 Å². The maximum Gasteiger partial charge on any atom is 0.292 e. The molecule has 2 fully saturated rings. The van der Waals surface area contributed by atoms with Crippen LogP contribution in [0.3, 0.4) is 0 Å². The van der Waals surface area contributed by atoms with E-state index in [-0.39, 0.29) is 22.6 Å². The highest BCUT2D eigenvalue weighted by molar-refractivity contribution is 5.82. The average molecular weight is 347 g/mol. The summed E-state index contributed by atoms with van der Waals surface area (Å²) in [4.78, 5) is 27.4. The molecule has 8 nitrogen and oxygen atoms in total. The van der Waals surface area contributed by atoms with Crippen molar-refractivity contribution in [3.63, 3.8) is 0 Å². The number of amides is 1. The van der Waals surface area contributed by atoms with Gasteiger partial charge in [-0.3, -0.25) is 20.3 Å². The van der Waals surface area contributed by atoms with E-state index >= 15 is 0 Å². The molecule has 0 saturated carbocycles. The molecule has 8 heteroatoms. The van der Waals surface area contributed by atoms with E-state index in [1.54, 1.807) is 12.1 Å². The Morgan fingerprint density at radius 2 is 1.96 bits per heavy atom.